The third-order valence-electron chi connectivity index (χ3n) is 4.62. The standard InChI is InChI=1S/C10H3Cl7O4/c11-2-1-5(12)7(14,3(18)19)10(17)6(2,13)8(15,4(20)21)9(5,10)16/h1H,(H,18,19)(H,20,21)/t5-,6+,7-,8+,9+,10-/m1/s1. The number of carboxylic acids is 2. The molecule has 0 radical (unpaired) electrons. The maximum atomic E-state index is 11.6. The van der Waals surface area contributed by atoms with Gasteiger partial charge in [-0.3, -0.25) is 9.59 Å². The second kappa shape index (κ2) is 3.69. The molecule has 0 spiro atoms. The molecule has 4 bridgehead atoms. The molecule has 0 saturated heterocycles. The van der Waals surface area contributed by atoms with Crippen molar-refractivity contribution in [1.29, 1.82) is 0 Å². The Balaban J connectivity index is 2.44. The summed E-state index contributed by atoms with van der Waals surface area (Å²) in [5.74, 6) is -3.24. The van der Waals surface area contributed by atoms with Gasteiger partial charge in [-0.05, 0) is 6.08 Å². The molecule has 2 saturated carbocycles. The Morgan fingerprint density at radius 2 is 1.29 bits per heavy atom. The molecule has 4 aliphatic carbocycles. The molecule has 0 aromatic heterocycles. The minimum atomic E-state index is -2.42. The van der Waals surface area contributed by atoms with E-state index in [1.54, 1.807) is 0 Å². The third kappa shape index (κ3) is 0.964. The second-order valence-corrected chi connectivity index (χ2v) is 8.94. The van der Waals surface area contributed by atoms with E-state index in [0.29, 0.717) is 0 Å². The maximum Gasteiger partial charge on any atom is 0.329 e. The van der Waals surface area contributed by atoms with E-state index < -0.39 is 41.2 Å². The van der Waals surface area contributed by atoms with E-state index in [-0.39, 0.29) is 5.03 Å². The van der Waals surface area contributed by atoms with Crippen LogP contribution in [0.4, 0.5) is 0 Å². The van der Waals surface area contributed by atoms with Crippen LogP contribution < -0.4 is 0 Å². The van der Waals surface area contributed by atoms with Crippen molar-refractivity contribution in [2.75, 3.05) is 0 Å². The van der Waals surface area contributed by atoms with Crippen LogP contribution in [-0.2, 0) is 9.59 Å². The van der Waals surface area contributed by atoms with Crippen LogP contribution in [0.1, 0.15) is 0 Å². The lowest BCUT2D eigenvalue weighted by Gasteiger charge is -2.87. The van der Waals surface area contributed by atoms with Gasteiger partial charge in [-0.25, -0.2) is 0 Å². The fraction of sp³-hybridized carbons (Fsp3) is 0.600. The van der Waals surface area contributed by atoms with Crippen molar-refractivity contribution in [3.63, 3.8) is 0 Å². The first-order chi connectivity index (χ1) is 9.26. The number of carboxylic acid groups (broad SMARTS) is 2. The minimum absolute atomic E-state index is 0.313. The molecule has 0 aromatic carbocycles. The lowest BCUT2D eigenvalue weighted by Crippen LogP contribution is -3.11. The van der Waals surface area contributed by atoms with Gasteiger partial charge in [0, 0.05) is 5.03 Å². The first-order valence-electron chi connectivity index (χ1n) is 5.26. The number of rotatable bonds is 2. The summed E-state index contributed by atoms with van der Waals surface area (Å²) in [6, 6.07) is 0. The predicted octanol–water partition coefficient (Wildman–Crippen LogP) is 3.18. The van der Waals surface area contributed by atoms with Crippen molar-refractivity contribution in [1.82, 2.24) is 0 Å². The minimum Gasteiger partial charge on any atom is -0.480 e. The molecule has 2 N–H and O–H groups in total. The molecule has 116 valence electrons. The quantitative estimate of drug-likeness (QED) is 0.654. The summed E-state index contributed by atoms with van der Waals surface area (Å²) in [7, 11) is 0. The molecule has 4 rings (SSSR count). The van der Waals surface area contributed by atoms with Crippen LogP contribution in [0.15, 0.2) is 11.1 Å². The highest BCUT2D eigenvalue weighted by molar-refractivity contribution is 6.70. The highest BCUT2D eigenvalue weighted by Gasteiger charge is 3.12. The molecule has 0 unspecified atom stereocenters. The zero-order valence-electron chi connectivity index (χ0n) is 9.43. The molecule has 21 heavy (non-hydrogen) atoms. The summed E-state index contributed by atoms with van der Waals surface area (Å²) < 4.78 is 0. The highest BCUT2D eigenvalue weighted by Crippen LogP contribution is 2.92. The topological polar surface area (TPSA) is 74.6 Å². The monoisotopic (exact) mass is 432 g/mol. The average Bonchev–Trinajstić information content (AvgIpc) is 2.39. The molecule has 0 aliphatic heterocycles. The maximum absolute atomic E-state index is 11.6. The molecule has 0 heterocycles. The summed E-state index contributed by atoms with van der Waals surface area (Å²) >= 11 is 43.3. The molecule has 2 fully saturated rings. The lowest BCUT2D eigenvalue weighted by atomic mass is 9.31. The number of aliphatic carboxylic acids is 2. The number of halogens is 7. The van der Waals surface area contributed by atoms with Crippen molar-refractivity contribution in [3.8, 4) is 0 Å². The van der Waals surface area contributed by atoms with Crippen molar-refractivity contribution in [2.24, 2.45) is 0 Å². The van der Waals surface area contributed by atoms with Crippen molar-refractivity contribution in [2.45, 2.75) is 29.2 Å². The fourth-order valence-electron chi connectivity index (χ4n) is 3.69. The molecule has 11 heteroatoms. The Bertz CT molecular complexity index is 668. The van der Waals surface area contributed by atoms with Gasteiger partial charge in [0.15, 0.2) is 9.75 Å². The van der Waals surface area contributed by atoms with E-state index in [4.69, 9.17) is 81.2 Å². The number of hydrogen-bond acceptors (Lipinski definition) is 2. The Labute approximate surface area is 152 Å². The van der Waals surface area contributed by atoms with Gasteiger partial charge >= 0.3 is 11.9 Å². The largest absolute Gasteiger partial charge is 0.480 e. The molecule has 4 aliphatic rings. The predicted molar refractivity (Wildman–Crippen MR) is 80.7 cm³/mol. The first-order valence-corrected chi connectivity index (χ1v) is 7.90. The molecule has 0 amide bonds. The van der Waals surface area contributed by atoms with E-state index in [0.717, 1.165) is 6.08 Å². The van der Waals surface area contributed by atoms with Gasteiger partial charge in [-0.15, -0.1) is 69.6 Å². The average molecular weight is 435 g/mol. The smallest absolute Gasteiger partial charge is 0.329 e. The van der Waals surface area contributed by atoms with Crippen molar-refractivity contribution in [3.05, 3.63) is 11.1 Å². The van der Waals surface area contributed by atoms with Crippen LogP contribution in [0, 0.1) is 0 Å². The Kier molecular flexibility index (Phi) is 2.91. The fourth-order valence-corrected chi connectivity index (χ4v) is 8.43. The first kappa shape index (κ1) is 16.6. The normalized spacial score (nSPS) is 60.4. The van der Waals surface area contributed by atoms with E-state index in [1.165, 1.54) is 0 Å². The second-order valence-electron chi connectivity index (χ2n) is 5.11. The summed E-state index contributed by atoms with van der Waals surface area (Å²) in [6.45, 7) is 0. The lowest BCUT2D eigenvalue weighted by molar-refractivity contribution is -0.172. The van der Waals surface area contributed by atoms with E-state index >= 15 is 0 Å². The van der Waals surface area contributed by atoms with Gasteiger partial charge in [0.2, 0.25) is 0 Å². The van der Waals surface area contributed by atoms with Gasteiger partial charge < -0.3 is 10.2 Å². The number of alkyl halides is 6. The van der Waals surface area contributed by atoms with Crippen LogP contribution >= 0.6 is 81.2 Å². The van der Waals surface area contributed by atoms with Crippen molar-refractivity contribution >= 4 is 93.1 Å². The summed E-state index contributed by atoms with van der Waals surface area (Å²) in [6.07, 6.45) is 1.00. The van der Waals surface area contributed by atoms with E-state index in [9.17, 15) is 19.8 Å². The summed E-state index contributed by atoms with van der Waals surface area (Å²) in [5.41, 5.74) is 0. The molecular formula is C10H3Cl7O4. The zero-order valence-corrected chi connectivity index (χ0v) is 14.7. The van der Waals surface area contributed by atoms with Crippen LogP contribution in [-0.4, -0.2) is 51.4 Å². The van der Waals surface area contributed by atoms with Gasteiger partial charge in [0.25, 0.3) is 0 Å². The van der Waals surface area contributed by atoms with E-state index in [2.05, 4.69) is 0 Å². The highest BCUT2D eigenvalue weighted by atomic mass is 35.5. The number of allylic oxidation sites excluding steroid dienone is 2. The number of carbonyl (C=O) groups is 2. The Hall–Kier alpha value is 0.710. The third-order valence-corrected chi connectivity index (χ3v) is 10.4. The Morgan fingerprint density at radius 1 is 0.857 bits per heavy atom. The molecule has 0 aromatic rings. The van der Waals surface area contributed by atoms with Crippen molar-refractivity contribution < 1.29 is 19.8 Å². The molecular weight excluding hydrogens is 432 g/mol. The molecule has 6 atom stereocenters. The Morgan fingerprint density at radius 3 is 1.67 bits per heavy atom. The van der Waals surface area contributed by atoms with Crippen LogP contribution in [0.5, 0.6) is 0 Å². The van der Waals surface area contributed by atoms with Crippen LogP contribution in [0.3, 0.4) is 0 Å². The zero-order chi connectivity index (χ0) is 16.4. The molecule has 4 nitrogen and oxygen atoms in total. The summed E-state index contributed by atoms with van der Waals surface area (Å²) in [5, 5.41) is 18.5. The van der Waals surface area contributed by atoms with Gasteiger partial charge in [0.05, 0.1) is 0 Å². The van der Waals surface area contributed by atoms with Gasteiger partial charge in [0.1, 0.15) is 19.5 Å². The van der Waals surface area contributed by atoms with Crippen LogP contribution in [0.2, 0.25) is 0 Å². The summed E-state index contributed by atoms with van der Waals surface area (Å²) in [4.78, 5) is 9.69. The van der Waals surface area contributed by atoms with E-state index in [1.807, 2.05) is 0 Å². The van der Waals surface area contributed by atoms with Crippen LogP contribution in [0.25, 0.3) is 0 Å². The van der Waals surface area contributed by atoms with Gasteiger partial charge in [-0.2, -0.15) is 0 Å². The SMILES string of the molecule is O=C(O)[C@@]1(Cl)[C@]2(Cl)C=C(Cl)[C@]3(Cl)[C@@](Cl)(C(=O)O)[C@]2(Cl)[C@]13Cl. The van der Waals surface area contributed by atoms with Gasteiger partial charge in [-0.1, -0.05) is 11.6 Å². The number of hydrogen-bond donors (Lipinski definition) is 2.